The summed E-state index contributed by atoms with van der Waals surface area (Å²) in [7, 11) is 0. The number of hydrogen-bond acceptors (Lipinski definition) is 5. The Labute approximate surface area is 139 Å². The Morgan fingerprint density at radius 3 is 2.91 bits per heavy atom. The minimum absolute atomic E-state index is 0.312. The van der Waals surface area contributed by atoms with E-state index in [1.807, 2.05) is 11.6 Å². The highest BCUT2D eigenvalue weighted by molar-refractivity contribution is 7.18. The zero-order chi connectivity index (χ0) is 16.0. The third kappa shape index (κ3) is 2.66. The number of aromatic nitrogens is 4. The molecule has 1 aliphatic heterocycles. The van der Waals surface area contributed by atoms with Crippen molar-refractivity contribution in [3.8, 4) is 5.69 Å². The first-order chi connectivity index (χ1) is 11.1. The summed E-state index contributed by atoms with van der Waals surface area (Å²) in [4.78, 5) is 9.35. The van der Waals surface area contributed by atoms with Gasteiger partial charge in [0.1, 0.15) is 5.82 Å². The lowest BCUT2D eigenvalue weighted by Crippen LogP contribution is -2.09. The molecule has 3 aromatic rings. The summed E-state index contributed by atoms with van der Waals surface area (Å²) in [6.07, 6.45) is 1.01. The van der Waals surface area contributed by atoms with Crippen LogP contribution < -0.4 is 0 Å². The van der Waals surface area contributed by atoms with E-state index in [-0.39, 0.29) is 0 Å². The Bertz CT molecular complexity index is 846. The minimum atomic E-state index is 0.312. The first kappa shape index (κ1) is 14.8. The molecule has 0 radical (unpaired) electrons. The fourth-order valence-electron chi connectivity index (χ4n) is 2.94. The lowest BCUT2D eigenvalue weighted by Gasteiger charge is -2.09. The molecule has 0 spiro atoms. The molecule has 1 unspecified atom stereocenters. The third-order valence-corrected chi connectivity index (χ3v) is 5.12. The van der Waals surface area contributed by atoms with Crippen LogP contribution in [0.1, 0.15) is 48.8 Å². The van der Waals surface area contributed by atoms with E-state index in [0.717, 1.165) is 47.5 Å². The topological polar surface area (TPSA) is 52.8 Å². The molecule has 1 atom stereocenters. The molecule has 0 aliphatic carbocycles. The molecule has 5 nitrogen and oxygen atoms in total. The summed E-state index contributed by atoms with van der Waals surface area (Å²) in [6.45, 7) is 7.84. The highest BCUT2D eigenvalue weighted by atomic mass is 32.1. The Kier molecular flexibility index (Phi) is 3.66. The molecule has 6 heteroatoms. The molecule has 1 saturated heterocycles. The quantitative estimate of drug-likeness (QED) is 0.733. The SMILES string of the molecule is Cc1nc2ccc(-n3nc(C(C)C)nc3C3CCOC3)cc2s1. The van der Waals surface area contributed by atoms with Crippen LogP contribution in [0.25, 0.3) is 15.9 Å². The van der Waals surface area contributed by atoms with E-state index >= 15 is 0 Å². The molecular formula is C17H20N4OS. The van der Waals surface area contributed by atoms with Crippen molar-refractivity contribution in [3.63, 3.8) is 0 Å². The van der Waals surface area contributed by atoms with Crippen molar-refractivity contribution in [2.24, 2.45) is 0 Å². The molecule has 1 fully saturated rings. The molecule has 0 N–H and O–H groups in total. The first-order valence-electron chi connectivity index (χ1n) is 8.04. The number of ether oxygens (including phenoxy) is 1. The average molecular weight is 328 g/mol. The third-order valence-electron chi connectivity index (χ3n) is 4.18. The predicted molar refractivity (Wildman–Crippen MR) is 91.5 cm³/mol. The second-order valence-electron chi connectivity index (χ2n) is 6.34. The van der Waals surface area contributed by atoms with Crippen LogP contribution in [-0.4, -0.2) is 33.0 Å². The Balaban J connectivity index is 1.84. The Morgan fingerprint density at radius 2 is 2.17 bits per heavy atom. The van der Waals surface area contributed by atoms with Crippen LogP contribution in [0.3, 0.4) is 0 Å². The Hall–Kier alpha value is -1.79. The van der Waals surface area contributed by atoms with Gasteiger partial charge in [-0.1, -0.05) is 13.8 Å². The van der Waals surface area contributed by atoms with Crippen LogP contribution in [0.4, 0.5) is 0 Å². The lowest BCUT2D eigenvalue weighted by atomic mass is 10.1. The number of aryl methyl sites for hydroxylation is 1. The van der Waals surface area contributed by atoms with Crippen LogP contribution >= 0.6 is 11.3 Å². The lowest BCUT2D eigenvalue weighted by molar-refractivity contribution is 0.193. The number of rotatable bonds is 3. The van der Waals surface area contributed by atoms with Crippen molar-refractivity contribution in [2.45, 2.75) is 39.0 Å². The maximum atomic E-state index is 5.56. The smallest absolute Gasteiger partial charge is 0.153 e. The molecule has 120 valence electrons. The van der Waals surface area contributed by atoms with E-state index in [1.54, 1.807) is 11.3 Å². The molecule has 0 bridgehead atoms. The van der Waals surface area contributed by atoms with Gasteiger partial charge in [-0.3, -0.25) is 0 Å². The molecule has 1 aromatic carbocycles. The van der Waals surface area contributed by atoms with E-state index in [0.29, 0.717) is 11.8 Å². The van der Waals surface area contributed by atoms with E-state index in [2.05, 4.69) is 37.0 Å². The normalized spacial score (nSPS) is 18.3. The van der Waals surface area contributed by atoms with Gasteiger partial charge in [-0.25, -0.2) is 14.6 Å². The first-order valence-corrected chi connectivity index (χ1v) is 8.85. The van der Waals surface area contributed by atoms with Crippen molar-refractivity contribution < 1.29 is 4.74 Å². The Morgan fingerprint density at radius 1 is 1.30 bits per heavy atom. The fourth-order valence-corrected chi connectivity index (χ4v) is 3.80. The molecule has 0 amide bonds. The maximum Gasteiger partial charge on any atom is 0.153 e. The fraction of sp³-hybridized carbons (Fsp3) is 0.471. The standard InChI is InChI=1S/C17H20N4OS/c1-10(2)16-19-17(12-6-7-22-9-12)21(20-16)13-4-5-14-15(8-13)23-11(3)18-14/h4-5,8,10,12H,6-7,9H2,1-3H3. The summed E-state index contributed by atoms with van der Waals surface area (Å²) < 4.78 is 8.75. The van der Waals surface area contributed by atoms with Crippen molar-refractivity contribution in [2.75, 3.05) is 13.2 Å². The maximum absolute atomic E-state index is 5.56. The molecule has 1 aliphatic rings. The van der Waals surface area contributed by atoms with Gasteiger partial charge in [-0.05, 0) is 31.5 Å². The van der Waals surface area contributed by atoms with Gasteiger partial charge in [0.25, 0.3) is 0 Å². The summed E-state index contributed by atoms with van der Waals surface area (Å²) in [5, 5.41) is 5.86. The van der Waals surface area contributed by atoms with Gasteiger partial charge < -0.3 is 4.74 Å². The highest BCUT2D eigenvalue weighted by Crippen LogP contribution is 2.29. The van der Waals surface area contributed by atoms with Crippen LogP contribution in [0.5, 0.6) is 0 Å². The van der Waals surface area contributed by atoms with E-state index in [1.165, 1.54) is 4.70 Å². The zero-order valence-corrected chi connectivity index (χ0v) is 14.4. The van der Waals surface area contributed by atoms with Gasteiger partial charge in [0.05, 0.1) is 27.5 Å². The average Bonchev–Trinajstić information content (AvgIpc) is 3.24. The summed E-state index contributed by atoms with van der Waals surface area (Å²) >= 11 is 1.71. The van der Waals surface area contributed by atoms with Crippen LogP contribution in [0.2, 0.25) is 0 Å². The number of nitrogens with zero attached hydrogens (tertiary/aromatic N) is 4. The van der Waals surface area contributed by atoms with Gasteiger partial charge in [0.15, 0.2) is 5.82 Å². The highest BCUT2D eigenvalue weighted by Gasteiger charge is 2.26. The van der Waals surface area contributed by atoms with E-state index in [9.17, 15) is 0 Å². The number of fused-ring (bicyclic) bond motifs is 1. The molecule has 0 saturated carbocycles. The van der Waals surface area contributed by atoms with Crippen molar-refractivity contribution in [1.82, 2.24) is 19.7 Å². The second-order valence-corrected chi connectivity index (χ2v) is 7.57. The van der Waals surface area contributed by atoms with Crippen molar-refractivity contribution >= 4 is 21.6 Å². The molecule has 2 aromatic heterocycles. The summed E-state index contributed by atoms with van der Waals surface area (Å²) in [6, 6.07) is 6.32. The summed E-state index contributed by atoms with van der Waals surface area (Å²) in [5.74, 6) is 2.56. The van der Waals surface area contributed by atoms with E-state index < -0.39 is 0 Å². The predicted octanol–water partition coefficient (Wildman–Crippen LogP) is 3.81. The minimum Gasteiger partial charge on any atom is -0.381 e. The summed E-state index contributed by atoms with van der Waals surface area (Å²) in [5.41, 5.74) is 2.11. The van der Waals surface area contributed by atoms with Crippen molar-refractivity contribution in [1.29, 1.82) is 0 Å². The van der Waals surface area contributed by atoms with Gasteiger partial charge in [-0.2, -0.15) is 5.10 Å². The molecular weight excluding hydrogens is 308 g/mol. The zero-order valence-electron chi connectivity index (χ0n) is 13.6. The number of hydrogen-bond donors (Lipinski definition) is 0. The second kappa shape index (κ2) is 5.69. The monoisotopic (exact) mass is 328 g/mol. The molecule has 3 heterocycles. The van der Waals surface area contributed by atoms with Crippen LogP contribution in [-0.2, 0) is 4.74 Å². The number of thiazole rings is 1. The molecule has 23 heavy (non-hydrogen) atoms. The number of benzene rings is 1. The largest absolute Gasteiger partial charge is 0.381 e. The van der Waals surface area contributed by atoms with Gasteiger partial charge in [0.2, 0.25) is 0 Å². The van der Waals surface area contributed by atoms with Crippen LogP contribution in [0.15, 0.2) is 18.2 Å². The van der Waals surface area contributed by atoms with Crippen LogP contribution in [0, 0.1) is 6.92 Å². The van der Waals surface area contributed by atoms with Gasteiger partial charge in [-0.15, -0.1) is 11.3 Å². The van der Waals surface area contributed by atoms with Crippen molar-refractivity contribution in [3.05, 3.63) is 34.9 Å². The van der Waals surface area contributed by atoms with Gasteiger partial charge in [0, 0.05) is 18.4 Å². The van der Waals surface area contributed by atoms with E-state index in [4.69, 9.17) is 14.8 Å². The molecule has 4 rings (SSSR count). The van der Waals surface area contributed by atoms with Gasteiger partial charge >= 0.3 is 0 Å².